The lowest BCUT2D eigenvalue weighted by atomic mass is 9.99. The zero-order valence-corrected chi connectivity index (χ0v) is 15.9. The molecule has 4 rings (SSSR count). The van der Waals surface area contributed by atoms with Crippen LogP contribution in [-0.4, -0.2) is 50.5 Å². The third-order valence-electron chi connectivity index (χ3n) is 5.41. The van der Waals surface area contributed by atoms with Gasteiger partial charge in [-0.25, -0.2) is 0 Å². The van der Waals surface area contributed by atoms with Gasteiger partial charge in [0.1, 0.15) is 0 Å². The molecule has 0 saturated carbocycles. The van der Waals surface area contributed by atoms with Gasteiger partial charge in [0.05, 0.1) is 25.9 Å². The van der Waals surface area contributed by atoms with E-state index >= 15 is 0 Å². The molecule has 0 amide bonds. The highest BCUT2D eigenvalue weighted by Gasteiger charge is 2.18. The van der Waals surface area contributed by atoms with Crippen LogP contribution in [0.1, 0.15) is 17.5 Å². The van der Waals surface area contributed by atoms with Crippen molar-refractivity contribution in [1.29, 1.82) is 0 Å². The van der Waals surface area contributed by atoms with Gasteiger partial charge in [-0.05, 0) is 59.7 Å². The summed E-state index contributed by atoms with van der Waals surface area (Å²) in [5.74, 6) is 0. The van der Waals surface area contributed by atoms with Crippen molar-refractivity contribution in [2.75, 3.05) is 39.5 Å². The smallest absolute Gasteiger partial charge is 0.0946 e. The van der Waals surface area contributed by atoms with E-state index in [1.54, 1.807) is 0 Å². The van der Waals surface area contributed by atoms with E-state index in [-0.39, 0.29) is 6.10 Å². The second-order valence-corrected chi connectivity index (χ2v) is 7.58. The third kappa shape index (κ3) is 4.47. The first-order chi connectivity index (χ1) is 12.8. The number of morpholine rings is 1. The summed E-state index contributed by atoms with van der Waals surface area (Å²) in [6.45, 7) is 5.43. The van der Waals surface area contributed by atoms with Crippen molar-refractivity contribution in [3.05, 3.63) is 69.8 Å². The summed E-state index contributed by atoms with van der Waals surface area (Å²) in [5.41, 5.74) is 5.59. The van der Waals surface area contributed by atoms with Crippen LogP contribution in [0.2, 0.25) is 5.02 Å². The molecule has 1 saturated heterocycles. The Labute approximate surface area is 160 Å². The highest BCUT2D eigenvalue weighted by Crippen LogP contribution is 2.31. The molecule has 0 aromatic heterocycles. The topological polar surface area (TPSA) is 21.7 Å². The molecule has 4 heteroatoms. The molecule has 0 radical (unpaired) electrons. The zero-order chi connectivity index (χ0) is 17.8. The summed E-state index contributed by atoms with van der Waals surface area (Å²) in [6, 6.07) is 6.29. The molecule has 0 N–H and O–H groups in total. The Morgan fingerprint density at radius 1 is 1.12 bits per heavy atom. The molecule has 2 aliphatic carbocycles. The molecule has 1 heterocycles. The molecule has 1 unspecified atom stereocenters. The molecule has 3 nitrogen and oxygen atoms in total. The van der Waals surface area contributed by atoms with Crippen molar-refractivity contribution in [3.8, 4) is 0 Å². The van der Waals surface area contributed by atoms with Crippen LogP contribution in [0.15, 0.2) is 53.6 Å². The molecule has 26 heavy (non-hydrogen) atoms. The molecular weight excluding hydrogens is 346 g/mol. The molecule has 1 fully saturated rings. The fraction of sp³-hybridized carbons (Fsp3) is 0.455. The average molecular weight is 372 g/mol. The van der Waals surface area contributed by atoms with E-state index in [0.717, 1.165) is 63.7 Å². The minimum absolute atomic E-state index is 0.0598. The number of halogens is 1. The number of hydrogen-bond acceptors (Lipinski definition) is 3. The van der Waals surface area contributed by atoms with Gasteiger partial charge in [-0.15, -0.1) is 0 Å². The van der Waals surface area contributed by atoms with Crippen molar-refractivity contribution < 1.29 is 9.47 Å². The van der Waals surface area contributed by atoms with Crippen LogP contribution in [-0.2, 0) is 22.3 Å². The van der Waals surface area contributed by atoms with E-state index in [1.807, 2.05) is 6.07 Å². The first-order valence-electron chi connectivity index (χ1n) is 9.55. The Balaban J connectivity index is 1.39. The quantitative estimate of drug-likeness (QED) is 0.799. The first-order valence-corrected chi connectivity index (χ1v) is 9.93. The maximum absolute atomic E-state index is 6.18. The number of benzene rings is 1. The lowest BCUT2D eigenvalue weighted by Gasteiger charge is -2.26. The van der Waals surface area contributed by atoms with Gasteiger partial charge >= 0.3 is 0 Å². The Hall–Kier alpha value is -1.39. The van der Waals surface area contributed by atoms with Crippen LogP contribution < -0.4 is 0 Å². The van der Waals surface area contributed by atoms with Gasteiger partial charge in [-0.2, -0.15) is 0 Å². The van der Waals surface area contributed by atoms with Crippen molar-refractivity contribution in [2.24, 2.45) is 0 Å². The van der Waals surface area contributed by atoms with E-state index in [1.165, 1.54) is 22.3 Å². The minimum Gasteiger partial charge on any atom is -0.379 e. The lowest BCUT2D eigenvalue weighted by Crippen LogP contribution is -2.38. The summed E-state index contributed by atoms with van der Waals surface area (Å²) >= 11 is 6.18. The fourth-order valence-electron chi connectivity index (χ4n) is 3.89. The number of fused-ring (bicyclic) bond motifs is 2. The molecule has 0 spiro atoms. The number of rotatable bonds is 4. The molecule has 1 aromatic rings. The lowest BCUT2D eigenvalue weighted by molar-refractivity contribution is 0.0172. The summed E-state index contributed by atoms with van der Waals surface area (Å²) < 4.78 is 11.6. The van der Waals surface area contributed by atoms with E-state index in [2.05, 4.69) is 41.3 Å². The largest absolute Gasteiger partial charge is 0.379 e. The van der Waals surface area contributed by atoms with E-state index in [4.69, 9.17) is 21.1 Å². The predicted molar refractivity (Wildman–Crippen MR) is 106 cm³/mol. The summed E-state index contributed by atoms with van der Waals surface area (Å²) in [4.78, 5) is 2.41. The fourth-order valence-corrected chi connectivity index (χ4v) is 4.08. The number of aryl methyl sites for hydroxylation is 1. The van der Waals surface area contributed by atoms with Gasteiger partial charge in [0.25, 0.3) is 0 Å². The van der Waals surface area contributed by atoms with Crippen molar-refractivity contribution >= 4 is 11.6 Å². The van der Waals surface area contributed by atoms with Crippen molar-refractivity contribution in [3.63, 3.8) is 0 Å². The molecular formula is C22H26ClNO2. The maximum atomic E-state index is 6.18. The monoisotopic (exact) mass is 371 g/mol. The number of hydrogen-bond donors (Lipinski definition) is 0. The Kier molecular flexibility index (Phi) is 5.91. The second-order valence-electron chi connectivity index (χ2n) is 7.15. The summed E-state index contributed by atoms with van der Waals surface area (Å²) in [7, 11) is 0. The molecule has 1 aromatic carbocycles. The van der Waals surface area contributed by atoms with Crippen LogP contribution in [0.3, 0.4) is 0 Å². The molecule has 0 bridgehead atoms. The van der Waals surface area contributed by atoms with Crippen LogP contribution in [0.25, 0.3) is 0 Å². The SMILES string of the molecule is Clc1ccc2c(c1)CCC1=CC(OCCN3CCOCC3)C=CC=C1C2. The number of ether oxygens (including phenoxy) is 2. The number of allylic oxidation sites excluding steroid dienone is 4. The van der Waals surface area contributed by atoms with Crippen LogP contribution in [0.5, 0.6) is 0 Å². The van der Waals surface area contributed by atoms with Gasteiger partial charge in [0.15, 0.2) is 0 Å². The standard InChI is InChI=1S/C22H26ClNO2/c23-21-7-6-18-14-17-2-1-3-22(16-20(17)5-4-19(18)15-21)26-13-10-24-8-11-25-12-9-24/h1-3,6-7,15-16,22H,4-5,8-14H2. The van der Waals surface area contributed by atoms with Gasteiger partial charge in [0, 0.05) is 24.7 Å². The molecule has 1 atom stereocenters. The molecule has 138 valence electrons. The van der Waals surface area contributed by atoms with E-state index in [0.29, 0.717) is 0 Å². The zero-order valence-electron chi connectivity index (χ0n) is 15.1. The van der Waals surface area contributed by atoms with Crippen LogP contribution >= 0.6 is 11.6 Å². The van der Waals surface area contributed by atoms with Crippen LogP contribution in [0.4, 0.5) is 0 Å². The Morgan fingerprint density at radius 3 is 2.88 bits per heavy atom. The number of nitrogens with zero attached hydrogens (tertiary/aromatic N) is 1. The highest BCUT2D eigenvalue weighted by molar-refractivity contribution is 6.30. The van der Waals surface area contributed by atoms with Crippen LogP contribution in [0, 0.1) is 0 Å². The third-order valence-corrected chi connectivity index (χ3v) is 5.65. The van der Waals surface area contributed by atoms with E-state index < -0.39 is 0 Å². The molecule has 3 aliphatic rings. The molecule has 1 aliphatic heterocycles. The first kappa shape index (κ1) is 18.0. The van der Waals surface area contributed by atoms with Crippen molar-refractivity contribution in [1.82, 2.24) is 4.90 Å². The maximum Gasteiger partial charge on any atom is 0.0946 e. The Morgan fingerprint density at radius 2 is 2.00 bits per heavy atom. The normalized spacial score (nSPS) is 23.3. The van der Waals surface area contributed by atoms with Gasteiger partial charge in [-0.1, -0.05) is 35.9 Å². The van der Waals surface area contributed by atoms with Crippen molar-refractivity contribution in [2.45, 2.75) is 25.4 Å². The summed E-state index contributed by atoms with van der Waals surface area (Å²) in [6.07, 6.45) is 12.0. The van der Waals surface area contributed by atoms with Gasteiger partial charge < -0.3 is 9.47 Å². The predicted octanol–water partition coefficient (Wildman–Crippen LogP) is 3.97. The van der Waals surface area contributed by atoms with Gasteiger partial charge in [-0.3, -0.25) is 4.90 Å². The highest BCUT2D eigenvalue weighted by atomic mass is 35.5. The van der Waals surface area contributed by atoms with E-state index in [9.17, 15) is 0 Å². The van der Waals surface area contributed by atoms with Gasteiger partial charge in [0.2, 0.25) is 0 Å². The summed E-state index contributed by atoms with van der Waals surface area (Å²) in [5, 5.41) is 0.832. The minimum atomic E-state index is 0.0598. The second kappa shape index (κ2) is 8.53. The Bertz CT molecular complexity index is 732. The average Bonchev–Trinajstić information content (AvgIpc) is 2.94.